The standard InChI is InChI=1S/C28H29N3O5/c32-25(31-16-13-21(14-17-31)28(35)30-24-8-2-1-3-9-24)19-36-26(33)12-15-29-27(34)23-11-10-20-6-4-5-7-22(20)18-23/h1-11,18,21H,12-17,19H2,(H,29,34)(H,30,35). The number of likely N-dealkylation sites (tertiary alicyclic amines) is 1. The molecule has 8 nitrogen and oxygen atoms in total. The number of fused-ring (bicyclic) bond motifs is 1. The topological polar surface area (TPSA) is 105 Å². The third-order valence-corrected chi connectivity index (χ3v) is 6.24. The molecule has 36 heavy (non-hydrogen) atoms. The minimum absolute atomic E-state index is 0.0334. The highest BCUT2D eigenvalue weighted by atomic mass is 16.5. The van der Waals surface area contributed by atoms with Crippen LogP contribution in [0.1, 0.15) is 29.6 Å². The Bertz CT molecular complexity index is 1240. The molecule has 0 spiro atoms. The number of nitrogens with one attached hydrogen (secondary N) is 2. The van der Waals surface area contributed by atoms with Gasteiger partial charge in [0, 0.05) is 36.8 Å². The Kier molecular flexibility index (Phi) is 8.28. The third kappa shape index (κ3) is 6.69. The van der Waals surface area contributed by atoms with Crippen LogP contribution in [-0.2, 0) is 19.1 Å². The van der Waals surface area contributed by atoms with Gasteiger partial charge in [-0.1, -0.05) is 48.5 Å². The van der Waals surface area contributed by atoms with Gasteiger partial charge >= 0.3 is 5.97 Å². The average Bonchev–Trinajstić information content (AvgIpc) is 2.92. The fourth-order valence-electron chi connectivity index (χ4n) is 4.17. The zero-order valence-corrected chi connectivity index (χ0v) is 19.9. The van der Waals surface area contributed by atoms with Crippen LogP contribution in [0.25, 0.3) is 10.8 Å². The number of esters is 1. The molecule has 1 saturated heterocycles. The maximum Gasteiger partial charge on any atom is 0.308 e. The fourth-order valence-corrected chi connectivity index (χ4v) is 4.17. The van der Waals surface area contributed by atoms with Gasteiger partial charge in [-0.15, -0.1) is 0 Å². The van der Waals surface area contributed by atoms with Gasteiger partial charge in [0.05, 0.1) is 6.42 Å². The molecular formula is C28H29N3O5. The number of benzene rings is 3. The fraction of sp³-hybridized carbons (Fsp3) is 0.286. The van der Waals surface area contributed by atoms with Gasteiger partial charge in [-0.3, -0.25) is 19.2 Å². The van der Waals surface area contributed by atoms with Crippen LogP contribution in [0, 0.1) is 5.92 Å². The monoisotopic (exact) mass is 487 g/mol. The highest BCUT2D eigenvalue weighted by Crippen LogP contribution is 2.20. The van der Waals surface area contributed by atoms with Crippen LogP contribution < -0.4 is 10.6 Å². The largest absolute Gasteiger partial charge is 0.456 e. The Morgan fingerprint density at radius 2 is 1.56 bits per heavy atom. The lowest BCUT2D eigenvalue weighted by Gasteiger charge is -2.31. The van der Waals surface area contributed by atoms with E-state index < -0.39 is 5.97 Å². The van der Waals surface area contributed by atoms with Gasteiger partial charge in [0.1, 0.15) is 0 Å². The Labute approximate surface area is 209 Å². The first-order valence-corrected chi connectivity index (χ1v) is 12.1. The van der Waals surface area contributed by atoms with Crippen molar-refractivity contribution in [3.05, 3.63) is 78.4 Å². The predicted octanol–water partition coefficient (Wildman–Crippen LogP) is 3.38. The minimum Gasteiger partial charge on any atom is -0.456 e. The Hall–Kier alpha value is -4.20. The number of amides is 3. The number of nitrogens with zero attached hydrogens (tertiary/aromatic N) is 1. The maximum absolute atomic E-state index is 12.4. The van der Waals surface area contributed by atoms with Crippen molar-refractivity contribution in [1.29, 1.82) is 0 Å². The van der Waals surface area contributed by atoms with Gasteiger partial charge in [0.2, 0.25) is 5.91 Å². The lowest BCUT2D eigenvalue weighted by atomic mass is 9.95. The Morgan fingerprint density at radius 3 is 2.31 bits per heavy atom. The molecule has 186 valence electrons. The second-order valence-corrected chi connectivity index (χ2v) is 8.74. The summed E-state index contributed by atoms with van der Waals surface area (Å²) in [5, 5.41) is 7.61. The number of rotatable bonds is 8. The SMILES string of the molecule is O=C(CCNC(=O)c1ccc2ccccc2c1)OCC(=O)N1CCC(C(=O)Nc2ccccc2)CC1. The summed E-state index contributed by atoms with van der Waals surface area (Å²) in [7, 11) is 0. The van der Waals surface area contributed by atoms with Crippen molar-refractivity contribution in [3.8, 4) is 0 Å². The first-order chi connectivity index (χ1) is 17.5. The summed E-state index contributed by atoms with van der Waals surface area (Å²) in [5.41, 5.74) is 1.26. The van der Waals surface area contributed by atoms with E-state index in [1.807, 2.05) is 60.7 Å². The van der Waals surface area contributed by atoms with E-state index in [0.29, 0.717) is 31.5 Å². The first kappa shape index (κ1) is 24.9. The summed E-state index contributed by atoms with van der Waals surface area (Å²) in [4.78, 5) is 50.9. The van der Waals surface area contributed by atoms with Crippen molar-refractivity contribution >= 4 is 40.2 Å². The summed E-state index contributed by atoms with van der Waals surface area (Å²) in [5.74, 6) is -1.33. The highest BCUT2D eigenvalue weighted by molar-refractivity contribution is 5.98. The van der Waals surface area contributed by atoms with Crippen LogP contribution in [0.15, 0.2) is 72.8 Å². The van der Waals surface area contributed by atoms with Crippen LogP contribution in [0.5, 0.6) is 0 Å². The van der Waals surface area contributed by atoms with Crippen molar-refractivity contribution in [1.82, 2.24) is 10.2 Å². The summed E-state index contributed by atoms with van der Waals surface area (Å²) >= 11 is 0. The zero-order valence-electron chi connectivity index (χ0n) is 19.9. The Morgan fingerprint density at radius 1 is 0.861 bits per heavy atom. The molecule has 0 unspecified atom stereocenters. The van der Waals surface area contributed by atoms with E-state index in [-0.39, 0.29) is 43.2 Å². The summed E-state index contributed by atoms with van der Waals surface area (Å²) in [6.07, 6.45) is 1.08. The first-order valence-electron chi connectivity index (χ1n) is 12.1. The maximum atomic E-state index is 12.4. The molecule has 1 heterocycles. The summed E-state index contributed by atoms with van der Waals surface area (Å²) in [6.45, 7) is 0.634. The number of para-hydroxylation sites is 1. The molecule has 1 fully saturated rings. The molecule has 8 heteroatoms. The van der Waals surface area contributed by atoms with E-state index in [2.05, 4.69) is 10.6 Å². The number of piperidine rings is 1. The molecule has 0 atom stereocenters. The van der Waals surface area contributed by atoms with Crippen molar-refractivity contribution in [2.45, 2.75) is 19.3 Å². The average molecular weight is 488 g/mol. The molecular weight excluding hydrogens is 458 g/mol. The molecule has 3 amide bonds. The van der Waals surface area contributed by atoms with Crippen LogP contribution in [0.3, 0.4) is 0 Å². The second-order valence-electron chi connectivity index (χ2n) is 8.74. The molecule has 0 bridgehead atoms. The molecule has 3 aromatic carbocycles. The Balaban J connectivity index is 1.13. The zero-order chi connectivity index (χ0) is 25.3. The van der Waals surface area contributed by atoms with Gasteiger partial charge in [-0.05, 0) is 47.9 Å². The molecule has 0 aliphatic carbocycles. The third-order valence-electron chi connectivity index (χ3n) is 6.24. The van der Waals surface area contributed by atoms with Gasteiger partial charge in [-0.2, -0.15) is 0 Å². The van der Waals surface area contributed by atoms with Crippen LogP contribution in [0.4, 0.5) is 5.69 Å². The number of carbonyl (C=O) groups is 4. The van der Waals surface area contributed by atoms with Gasteiger partial charge < -0.3 is 20.3 Å². The smallest absolute Gasteiger partial charge is 0.308 e. The number of hydrogen-bond donors (Lipinski definition) is 2. The van der Waals surface area contributed by atoms with Crippen LogP contribution in [0.2, 0.25) is 0 Å². The molecule has 0 aromatic heterocycles. The van der Waals surface area contributed by atoms with E-state index in [0.717, 1.165) is 16.5 Å². The number of ether oxygens (including phenoxy) is 1. The summed E-state index contributed by atoms with van der Waals surface area (Å²) in [6, 6.07) is 22.4. The highest BCUT2D eigenvalue weighted by Gasteiger charge is 2.27. The van der Waals surface area contributed by atoms with Gasteiger partial charge in [0.15, 0.2) is 6.61 Å². The molecule has 1 aliphatic rings. The normalized spacial score (nSPS) is 13.7. The van der Waals surface area contributed by atoms with E-state index in [9.17, 15) is 19.2 Å². The lowest BCUT2D eigenvalue weighted by Crippen LogP contribution is -2.43. The van der Waals surface area contributed by atoms with E-state index >= 15 is 0 Å². The second kappa shape index (κ2) is 12.0. The quantitative estimate of drug-likeness (QED) is 0.474. The number of carbonyl (C=O) groups excluding carboxylic acids is 4. The van der Waals surface area contributed by atoms with E-state index in [1.54, 1.807) is 17.0 Å². The predicted molar refractivity (Wildman–Crippen MR) is 136 cm³/mol. The van der Waals surface area contributed by atoms with Crippen molar-refractivity contribution in [2.24, 2.45) is 5.92 Å². The van der Waals surface area contributed by atoms with Crippen LogP contribution >= 0.6 is 0 Å². The number of hydrogen-bond acceptors (Lipinski definition) is 5. The molecule has 0 radical (unpaired) electrons. The summed E-state index contributed by atoms with van der Waals surface area (Å²) < 4.78 is 5.09. The van der Waals surface area contributed by atoms with E-state index in [1.165, 1.54) is 0 Å². The van der Waals surface area contributed by atoms with Gasteiger partial charge in [-0.25, -0.2) is 0 Å². The molecule has 1 aliphatic heterocycles. The van der Waals surface area contributed by atoms with E-state index in [4.69, 9.17) is 4.74 Å². The minimum atomic E-state index is -0.556. The molecule has 0 saturated carbocycles. The molecule has 3 aromatic rings. The lowest BCUT2D eigenvalue weighted by molar-refractivity contribution is -0.152. The molecule has 2 N–H and O–H groups in total. The van der Waals surface area contributed by atoms with Crippen molar-refractivity contribution < 1.29 is 23.9 Å². The molecule has 4 rings (SSSR count). The van der Waals surface area contributed by atoms with Crippen molar-refractivity contribution in [3.63, 3.8) is 0 Å². The van der Waals surface area contributed by atoms with Crippen molar-refractivity contribution in [2.75, 3.05) is 31.6 Å². The number of anilines is 1. The van der Waals surface area contributed by atoms with Gasteiger partial charge in [0.25, 0.3) is 11.8 Å². The van der Waals surface area contributed by atoms with Crippen LogP contribution in [-0.4, -0.2) is 54.8 Å².